The van der Waals surface area contributed by atoms with E-state index in [1.165, 1.54) is 6.07 Å². The van der Waals surface area contributed by atoms with Crippen molar-refractivity contribution in [2.24, 2.45) is 11.8 Å². The molecule has 2 nitrogen and oxygen atoms in total. The predicted octanol–water partition coefficient (Wildman–Crippen LogP) is 3.11. The molecule has 1 N–H and O–H groups in total. The number of alkyl halides is 3. The molecule has 2 fully saturated rings. The van der Waals surface area contributed by atoms with Gasteiger partial charge in [-0.05, 0) is 36.8 Å². The Kier molecular flexibility index (Phi) is 2.46. The Balaban J connectivity index is 1.86. The van der Waals surface area contributed by atoms with E-state index in [2.05, 4.69) is 4.98 Å². The van der Waals surface area contributed by atoms with Crippen molar-refractivity contribution in [2.75, 3.05) is 0 Å². The Bertz CT molecular complexity index is 442. The third kappa shape index (κ3) is 1.64. The molecule has 0 aliphatic heterocycles. The number of fused-ring (bicyclic) bond motifs is 1. The van der Waals surface area contributed by atoms with Crippen LogP contribution in [0, 0.1) is 11.8 Å². The smallest absolute Gasteiger partial charge is 0.383 e. The van der Waals surface area contributed by atoms with Crippen LogP contribution in [0.2, 0.25) is 0 Å². The Morgan fingerprint density at radius 3 is 2.22 bits per heavy atom. The molecule has 2 saturated carbocycles. The number of aliphatic hydroxyl groups is 1. The first-order valence-electron chi connectivity index (χ1n) is 6.20. The van der Waals surface area contributed by atoms with E-state index >= 15 is 0 Å². The van der Waals surface area contributed by atoms with Gasteiger partial charge in [-0.25, -0.2) is 0 Å². The van der Waals surface area contributed by atoms with Crippen molar-refractivity contribution >= 4 is 0 Å². The van der Waals surface area contributed by atoms with E-state index in [-0.39, 0.29) is 11.8 Å². The third-order valence-electron chi connectivity index (χ3n) is 4.29. The average molecular weight is 257 g/mol. The monoisotopic (exact) mass is 257 g/mol. The minimum atomic E-state index is -4.37. The molecular weight excluding hydrogens is 243 g/mol. The summed E-state index contributed by atoms with van der Waals surface area (Å²) in [4.78, 5) is 3.83. The maximum atomic E-state index is 12.4. The number of halogens is 3. The molecule has 3 rings (SSSR count). The summed E-state index contributed by atoms with van der Waals surface area (Å²) in [5, 5.41) is 10.5. The van der Waals surface area contributed by atoms with Crippen LogP contribution in [0.5, 0.6) is 0 Å². The summed E-state index contributed by atoms with van der Waals surface area (Å²) < 4.78 is 37.3. The molecular formula is C13H14F3NO. The first kappa shape index (κ1) is 12.0. The van der Waals surface area contributed by atoms with Gasteiger partial charge in [0.05, 0.1) is 11.3 Å². The van der Waals surface area contributed by atoms with Crippen molar-refractivity contribution in [1.82, 2.24) is 4.98 Å². The van der Waals surface area contributed by atoms with Crippen LogP contribution >= 0.6 is 0 Å². The maximum Gasteiger partial charge on any atom is 0.417 e. The molecule has 18 heavy (non-hydrogen) atoms. The lowest BCUT2D eigenvalue weighted by molar-refractivity contribution is -0.137. The van der Waals surface area contributed by atoms with E-state index in [4.69, 9.17) is 0 Å². The first-order chi connectivity index (χ1) is 8.44. The van der Waals surface area contributed by atoms with Gasteiger partial charge in [0.15, 0.2) is 0 Å². The van der Waals surface area contributed by atoms with Gasteiger partial charge >= 0.3 is 6.18 Å². The highest BCUT2D eigenvalue weighted by Gasteiger charge is 2.65. The minimum absolute atomic E-state index is 0.190. The normalized spacial score (nSPS) is 35.1. The van der Waals surface area contributed by atoms with Crippen LogP contribution in [0.25, 0.3) is 0 Å². The predicted molar refractivity (Wildman–Crippen MR) is 58.6 cm³/mol. The second-order valence-corrected chi connectivity index (χ2v) is 5.25. The summed E-state index contributed by atoms with van der Waals surface area (Å²) in [6, 6.07) is 2.33. The van der Waals surface area contributed by atoms with E-state index in [9.17, 15) is 18.3 Å². The third-order valence-corrected chi connectivity index (χ3v) is 4.29. The second-order valence-electron chi connectivity index (χ2n) is 5.25. The lowest BCUT2D eigenvalue weighted by Gasteiger charge is -2.12. The van der Waals surface area contributed by atoms with E-state index in [1.54, 1.807) is 0 Å². The first-order valence-corrected chi connectivity index (χ1v) is 6.20. The zero-order chi connectivity index (χ0) is 13.0. The highest BCUT2D eigenvalue weighted by Crippen LogP contribution is 2.63. The summed E-state index contributed by atoms with van der Waals surface area (Å²) >= 11 is 0. The van der Waals surface area contributed by atoms with E-state index in [0.717, 1.165) is 37.9 Å². The van der Waals surface area contributed by atoms with Crippen LogP contribution in [0.1, 0.15) is 36.9 Å². The van der Waals surface area contributed by atoms with Crippen molar-refractivity contribution in [3.05, 3.63) is 29.6 Å². The van der Waals surface area contributed by atoms with Crippen LogP contribution in [-0.4, -0.2) is 10.1 Å². The number of pyridine rings is 1. The summed E-state index contributed by atoms with van der Waals surface area (Å²) in [6.07, 6.45) is 0.518. The summed E-state index contributed by atoms with van der Waals surface area (Å²) in [6.45, 7) is 0. The standard InChI is InChI=1S/C13H14F3NO/c14-13(15,16)8-5-6-11(17-7-8)12(18)9-3-1-2-4-10(9)12/h5-7,9-10,18H,1-4H2. The quantitative estimate of drug-likeness (QED) is 0.838. The van der Waals surface area contributed by atoms with E-state index in [1.807, 2.05) is 0 Å². The highest BCUT2D eigenvalue weighted by molar-refractivity contribution is 5.29. The topological polar surface area (TPSA) is 33.1 Å². The number of nitrogens with zero attached hydrogens (tertiary/aromatic N) is 1. The molecule has 1 aromatic rings. The Morgan fingerprint density at radius 1 is 1.17 bits per heavy atom. The van der Waals surface area contributed by atoms with Gasteiger partial charge in [0.1, 0.15) is 5.60 Å². The minimum Gasteiger partial charge on any atom is -0.383 e. The largest absolute Gasteiger partial charge is 0.417 e. The molecule has 0 aromatic carbocycles. The molecule has 2 atom stereocenters. The van der Waals surface area contributed by atoms with E-state index in [0.29, 0.717) is 5.69 Å². The zero-order valence-corrected chi connectivity index (χ0v) is 9.74. The van der Waals surface area contributed by atoms with Crippen LogP contribution < -0.4 is 0 Å². The van der Waals surface area contributed by atoms with Crippen molar-refractivity contribution in [3.8, 4) is 0 Å². The van der Waals surface area contributed by atoms with Crippen LogP contribution in [0.15, 0.2) is 18.3 Å². The molecule has 98 valence electrons. The molecule has 1 heterocycles. The lowest BCUT2D eigenvalue weighted by Crippen LogP contribution is -2.14. The van der Waals surface area contributed by atoms with Gasteiger partial charge in [-0.1, -0.05) is 12.8 Å². The molecule has 2 aliphatic carbocycles. The number of hydrogen-bond donors (Lipinski definition) is 1. The Hall–Kier alpha value is -1.10. The Morgan fingerprint density at radius 2 is 1.78 bits per heavy atom. The summed E-state index contributed by atoms with van der Waals surface area (Å²) in [5.41, 5.74) is -1.34. The van der Waals surface area contributed by atoms with Gasteiger partial charge in [0.2, 0.25) is 0 Å². The summed E-state index contributed by atoms with van der Waals surface area (Å²) in [5.74, 6) is 0.381. The van der Waals surface area contributed by atoms with Crippen molar-refractivity contribution in [2.45, 2.75) is 37.5 Å². The van der Waals surface area contributed by atoms with Gasteiger partial charge < -0.3 is 5.11 Å². The maximum absolute atomic E-state index is 12.4. The molecule has 0 radical (unpaired) electrons. The lowest BCUT2D eigenvalue weighted by atomic mass is 10.0. The highest BCUT2D eigenvalue weighted by atomic mass is 19.4. The number of hydrogen-bond acceptors (Lipinski definition) is 2. The van der Waals surface area contributed by atoms with Crippen molar-refractivity contribution in [3.63, 3.8) is 0 Å². The van der Waals surface area contributed by atoms with Gasteiger partial charge in [0, 0.05) is 6.20 Å². The van der Waals surface area contributed by atoms with Crippen molar-refractivity contribution in [1.29, 1.82) is 0 Å². The van der Waals surface area contributed by atoms with Crippen LogP contribution in [0.3, 0.4) is 0 Å². The van der Waals surface area contributed by atoms with E-state index < -0.39 is 17.3 Å². The van der Waals surface area contributed by atoms with Crippen LogP contribution in [-0.2, 0) is 11.8 Å². The second kappa shape index (κ2) is 3.70. The van der Waals surface area contributed by atoms with Gasteiger partial charge in [-0.15, -0.1) is 0 Å². The fourth-order valence-corrected chi connectivity index (χ4v) is 3.27. The fraction of sp³-hybridized carbons (Fsp3) is 0.615. The molecule has 0 spiro atoms. The summed E-state index contributed by atoms with van der Waals surface area (Å²) in [7, 11) is 0. The van der Waals surface area contributed by atoms with Crippen LogP contribution in [0.4, 0.5) is 13.2 Å². The molecule has 2 aliphatic rings. The van der Waals surface area contributed by atoms with Gasteiger partial charge in [-0.3, -0.25) is 4.98 Å². The van der Waals surface area contributed by atoms with Gasteiger partial charge in [0.25, 0.3) is 0 Å². The molecule has 0 saturated heterocycles. The molecule has 0 bridgehead atoms. The molecule has 1 aromatic heterocycles. The van der Waals surface area contributed by atoms with Crippen molar-refractivity contribution < 1.29 is 18.3 Å². The number of rotatable bonds is 1. The van der Waals surface area contributed by atoms with Gasteiger partial charge in [-0.2, -0.15) is 13.2 Å². The molecule has 0 amide bonds. The molecule has 5 heteroatoms. The SMILES string of the molecule is OC1(c2ccc(C(F)(F)F)cn2)C2CCCCC21. The number of aromatic nitrogens is 1. The Labute approximate surface area is 103 Å². The fourth-order valence-electron chi connectivity index (χ4n) is 3.27. The average Bonchev–Trinajstić information content (AvgIpc) is 2.97. The zero-order valence-electron chi connectivity index (χ0n) is 9.74. The molecule has 2 unspecified atom stereocenters.